The number of likely N-dealkylation sites (N-methyl/N-ethyl adjacent to an activating group) is 2. The van der Waals surface area contributed by atoms with E-state index in [0.29, 0.717) is 6.54 Å². The number of nitrogens with zero attached hydrogens (tertiary/aromatic N) is 1. The third-order valence-corrected chi connectivity index (χ3v) is 2.34. The van der Waals surface area contributed by atoms with Crippen LogP contribution in [-0.4, -0.2) is 49.4 Å². The second kappa shape index (κ2) is 5.70. The Hall–Kier alpha value is -1.10. The zero-order valence-corrected chi connectivity index (χ0v) is 10.2. The molecule has 0 aliphatic heterocycles. The minimum Gasteiger partial charge on any atom is -0.327 e. The number of urea groups is 1. The summed E-state index contributed by atoms with van der Waals surface area (Å²) in [7, 11) is 3.52. The molecule has 0 rings (SSSR count). The van der Waals surface area contributed by atoms with Crippen molar-refractivity contribution in [2.24, 2.45) is 0 Å². The van der Waals surface area contributed by atoms with Crippen molar-refractivity contribution in [3.05, 3.63) is 0 Å². The standard InChI is InChI=1S/C10H21N3O2/c1-8(14)10(2,3)12-9(15)13(5)7-6-11-4/h11H,6-7H2,1-5H3,(H,12,15). The lowest BCUT2D eigenvalue weighted by Gasteiger charge is -2.27. The molecular weight excluding hydrogens is 194 g/mol. The third kappa shape index (κ3) is 4.78. The van der Waals surface area contributed by atoms with E-state index in [9.17, 15) is 9.59 Å². The first kappa shape index (κ1) is 13.9. The van der Waals surface area contributed by atoms with Crippen LogP contribution >= 0.6 is 0 Å². The Balaban J connectivity index is 4.18. The molecule has 2 amide bonds. The number of carbonyl (C=O) groups excluding carboxylic acids is 2. The molecule has 0 fully saturated rings. The molecule has 0 radical (unpaired) electrons. The van der Waals surface area contributed by atoms with Gasteiger partial charge in [-0.1, -0.05) is 0 Å². The van der Waals surface area contributed by atoms with Gasteiger partial charge in [0.2, 0.25) is 0 Å². The van der Waals surface area contributed by atoms with Gasteiger partial charge in [0.25, 0.3) is 0 Å². The van der Waals surface area contributed by atoms with Crippen molar-refractivity contribution in [3.8, 4) is 0 Å². The van der Waals surface area contributed by atoms with Crippen molar-refractivity contribution in [2.75, 3.05) is 27.2 Å². The summed E-state index contributed by atoms with van der Waals surface area (Å²) in [6.45, 7) is 6.19. The number of hydrogen-bond donors (Lipinski definition) is 2. The Bertz CT molecular complexity index is 239. The highest BCUT2D eigenvalue weighted by molar-refractivity contribution is 5.90. The van der Waals surface area contributed by atoms with Gasteiger partial charge >= 0.3 is 6.03 Å². The molecule has 15 heavy (non-hydrogen) atoms. The lowest BCUT2D eigenvalue weighted by molar-refractivity contribution is -0.121. The van der Waals surface area contributed by atoms with Crippen molar-refractivity contribution < 1.29 is 9.59 Å². The number of amides is 2. The molecule has 0 aromatic rings. The van der Waals surface area contributed by atoms with Gasteiger partial charge in [0.05, 0.1) is 5.54 Å². The highest BCUT2D eigenvalue weighted by atomic mass is 16.2. The first-order valence-electron chi connectivity index (χ1n) is 5.00. The van der Waals surface area contributed by atoms with Gasteiger partial charge in [-0.05, 0) is 27.8 Å². The molecule has 0 aromatic carbocycles. The van der Waals surface area contributed by atoms with E-state index in [0.717, 1.165) is 6.54 Å². The fraction of sp³-hybridized carbons (Fsp3) is 0.800. The smallest absolute Gasteiger partial charge is 0.317 e. The Labute approximate surface area is 91.2 Å². The molecule has 0 heterocycles. The SMILES string of the molecule is CNCCN(C)C(=O)NC(C)(C)C(C)=O. The van der Waals surface area contributed by atoms with Crippen LogP contribution in [0.2, 0.25) is 0 Å². The lowest BCUT2D eigenvalue weighted by Crippen LogP contribution is -2.53. The summed E-state index contributed by atoms with van der Waals surface area (Å²) in [5.41, 5.74) is -0.801. The molecular formula is C10H21N3O2. The summed E-state index contributed by atoms with van der Waals surface area (Å²) in [5.74, 6) is -0.0575. The fourth-order valence-electron chi connectivity index (χ4n) is 0.832. The minimum absolute atomic E-state index is 0.0575. The van der Waals surface area contributed by atoms with Gasteiger partial charge in [0.15, 0.2) is 5.78 Å². The van der Waals surface area contributed by atoms with Crippen LogP contribution in [-0.2, 0) is 4.79 Å². The first-order chi connectivity index (χ1) is 6.81. The number of nitrogens with one attached hydrogen (secondary N) is 2. The molecule has 0 atom stereocenters. The van der Waals surface area contributed by atoms with Crippen molar-refractivity contribution >= 4 is 11.8 Å². The molecule has 0 saturated carbocycles. The minimum atomic E-state index is -0.801. The maximum atomic E-state index is 11.6. The summed E-state index contributed by atoms with van der Waals surface area (Å²) in [6, 6.07) is -0.231. The number of carbonyl (C=O) groups is 2. The normalized spacial score (nSPS) is 11.0. The third-order valence-electron chi connectivity index (χ3n) is 2.34. The highest BCUT2D eigenvalue weighted by Crippen LogP contribution is 2.03. The van der Waals surface area contributed by atoms with E-state index in [2.05, 4.69) is 10.6 Å². The molecule has 2 N–H and O–H groups in total. The van der Waals surface area contributed by atoms with Crippen LogP contribution in [0, 0.1) is 0 Å². The molecule has 5 nitrogen and oxygen atoms in total. The topological polar surface area (TPSA) is 61.4 Å². The largest absolute Gasteiger partial charge is 0.327 e. The van der Waals surface area contributed by atoms with E-state index in [1.807, 2.05) is 7.05 Å². The van der Waals surface area contributed by atoms with Crippen molar-refractivity contribution in [1.29, 1.82) is 0 Å². The monoisotopic (exact) mass is 215 g/mol. The van der Waals surface area contributed by atoms with Crippen LogP contribution in [0.1, 0.15) is 20.8 Å². The molecule has 0 aliphatic carbocycles. The Morgan fingerprint density at radius 3 is 2.27 bits per heavy atom. The second-order valence-corrected chi connectivity index (χ2v) is 4.14. The van der Waals surface area contributed by atoms with E-state index in [1.165, 1.54) is 6.92 Å². The van der Waals surface area contributed by atoms with E-state index < -0.39 is 5.54 Å². The van der Waals surface area contributed by atoms with Gasteiger partial charge in [-0.3, -0.25) is 4.79 Å². The van der Waals surface area contributed by atoms with E-state index in [1.54, 1.807) is 25.8 Å². The summed E-state index contributed by atoms with van der Waals surface area (Å²) < 4.78 is 0. The van der Waals surface area contributed by atoms with Gasteiger partial charge in [-0.2, -0.15) is 0 Å². The van der Waals surface area contributed by atoms with Crippen molar-refractivity contribution in [3.63, 3.8) is 0 Å². The van der Waals surface area contributed by atoms with Crippen LogP contribution in [0.4, 0.5) is 4.79 Å². The summed E-state index contributed by atoms with van der Waals surface area (Å²) in [6.07, 6.45) is 0. The molecule has 0 saturated heterocycles. The first-order valence-corrected chi connectivity index (χ1v) is 5.00. The highest BCUT2D eigenvalue weighted by Gasteiger charge is 2.26. The zero-order valence-electron chi connectivity index (χ0n) is 10.2. The van der Waals surface area contributed by atoms with Gasteiger partial charge < -0.3 is 15.5 Å². The van der Waals surface area contributed by atoms with Gasteiger partial charge in [-0.25, -0.2) is 4.79 Å². The molecule has 88 valence electrons. The van der Waals surface area contributed by atoms with E-state index in [4.69, 9.17) is 0 Å². The van der Waals surface area contributed by atoms with Crippen molar-refractivity contribution in [1.82, 2.24) is 15.5 Å². The predicted octanol–water partition coefficient (Wildman–Crippen LogP) is 0.215. The van der Waals surface area contributed by atoms with Crippen LogP contribution in [0.25, 0.3) is 0 Å². The average molecular weight is 215 g/mol. The van der Waals surface area contributed by atoms with Gasteiger partial charge in [0.1, 0.15) is 0 Å². The Morgan fingerprint density at radius 2 is 1.87 bits per heavy atom. The zero-order chi connectivity index (χ0) is 12.1. The fourth-order valence-corrected chi connectivity index (χ4v) is 0.832. The lowest BCUT2D eigenvalue weighted by atomic mass is 10.0. The van der Waals surface area contributed by atoms with Crippen LogP contribution in [0.5, 0.6) is 0 Å². The molecule has 0 aliphatic rings. The molecule has 0 spiro atoms. The number of rotatable bonds is 5. The van der Waals surface area contributed by atoms with Gasteiger partial charge in [0, 0.05) is 20.1 Å². The average Bonchev–Trinajstić information content (AvgIpc) is 2.13. The Kier molecular flexibility index (Phi) is 5.28. The summed E-state index contributed by atoms with van der Waals surface area (Å²) in [5, 5.41) is 5.62. The molecule has 5 heteroatoms. The Morgan fingerprint density at radius 1 is 1.33 bits per heavy atom. The van der Waals surface area contributed by atoms with Gasteiger partial charge in [-0.15, -0.1) is 0 Å². The maximum absolute atomic E-state index is 11.6. The number of ketones is 1. The molecule has 0 bridgehead atoms. The quantitative estimate of drug-likeness (QED) is 0.689. The maximum Gasteiger partial charge on any atom is 0.317 e. The number of hydrogen-bond acceptors (Lipinski definition) is 3. The predicted molar refractivity (Wildman–Crippen MR) is 59.8 cm³/mol. The summed E-state index contributed by atoms with van der Waals surface area (Å²) >= 11 is 0. The van der Waals surface area contributed by atoms with Crippen LogP contribution in [0.15, 0.2) is 0 Å². The van der Waals surface area contributed by atoms with E-state index >= 15 is 0 Å². The summed E-state index contributed by atoms with van der Waals surface area (Å²) in [4.78, 5) is 24.3. The number of Topliss-reactive ketones (excluding diaryl/α,β-unsaturated/α-hetero) is 1. The van der Waals surface area contributed by atoms with Crippen LogP contribution in [0.3, 0.4) is 0 Å². The van der Waals surface area contributed by atoms with E-state index in [-0.39, 0.29) is 11.8 Å². The van der Waals surface area contributed by atoms with Crippen LogP contribution < -0.4 is 10.6 Å². The molecule has 0 unspecified atom stereocenters. The van der Waals surface area contributed by atoms with Crippen molar-refractivity contribution in [2.45, 2.75) is 26.3 Å². The molecule has 0 aromatic heterocycles. The second-order valence-electron chi connectivity index (χ2n) is 4.14.